The molecule has 6 heteroatoms. The summed E-state index contributed by atoms with van der Waals surface area (Å²) in [5, 5.41) is 5.80. The molecule has 0 aliphatic heterocycles. The Labute approximate surface area is 261 Å². The van der Waals surface area contributed by atoms with Gasteiger partial charge >= 0.3 is 12.2 Å². The van der Waals surface area contributed by atoms with Crippen molar-refractivity contribution in [1.29, 1.82) is 0 Å². The molecule has 0 unspecified atom stereocenters. The molecule has 0 aliphatic carbocycles. The van der Waals surface area contributed by atoms with E-state index in [0.717, 1.165) is 33.4 Å². The molecule has 6 rings (SSSR count). The van der Waals surface area contributed by atoms with E-state index in [4.69, 9.17) is 9.47 Å². The average molecular weight is 591 g/mol. The van der Waals surface area contributed by atoms with E-state index in [-0.39, 0.29) is 0 Å². The zero-order chi connectivity index (χ0) is 30.8. The summed E-state index contributed by atoms with van der Waals surface area (Å²) in [5.41, 5.74) is 6.45. The van der Waals surface area contributed by atoms with Gasteiger partial charge in [-0.25, -0.2) is 9.59 Å². The summed E-state index contributed by atoms with van der Waals surface area (Å²) in [5.74, 6) is 0.918. The third-order valence-corrected chi connectivity index (χ3v) is 7.24. The van der Waals surface area contributed by atoms with Gasteiger partial charge in [0.25, 0.3) is 0 Å². The van der Waals surface area contributed by atoms with Gasteiger partial charge in [0, 0.05) is 28.9 Å². The molecular weight excluding hydrogens is 560 g/mol. The van der Waals surface area contributed by atoms with Crippen molar-refractivity contribution in [2.24, 2.45) is 0 Å². The molecule has 6 aromatic carbocycles. The van der Waals surface area contributed by atoms with Crippen molar-refractivity contribution in [2.45, 2.75) is 6.42 Å². The van der Waals surface area contributed by atoms with Gasteiger partial charge in [0.2, 0.25) is 0 Å². The molecule has 0 saturated heterocycles. The minimum absolute atomic E-state index is 0.439. The van der Waals surface area contributed by atoms with Gasteiger partial charge < -0.3 is 9.47 Å². The third kappa shape index (κ3) is 7.27. The minimum atomic E-state index is -0.599. The first-order valence-corrected chi connectivity index (χ1v) is 14.6. The van der Waals surface area contributed by atoms with Crippen molar-refractivity contribution in [2.75, 3.05) is 10.6 Å². The second-order valence-corrected chi connectivity index (χ2v) is 10.2. The topological polar surface area (TPSA) is 76.7 Å². The fourth-order valence-electron chi connectivity index (χ4n) is 5.09. The van der Waals surface area contributed by atoms with E-state index >= 15 is 0 Å². The van der Waals surface area contributed by atoms with Crippen LogP contribution in [0.2, 0.25) is 0 Å². The van der Waals surface area contributed by atoms with Gasteiger partial charge in [0.15, 0.2) is 0 Å². The molecular formula is C39H30N2O4. The van der Waals surface area contributed by atoms with Crippen LogP contribution < -0.4 is 20.1 Å². The number of carbonyl (C=O) groups is 2. The number of hydrogen-bond donors (Lipinski definition) is 2. The normalized spacial score (nSPS) is 10.5. The van der Waals surface area contributed by atoms with Crippen molar-refractivity contribution < 1.29 is 19.1 Å². The Morgan fingerprint density at radius 2 is 0.778 bits per heavy atom. The smallest absolute Gasteiger partial charge is 0.409 e. The molecule has 0 saturated carbocycles. The Morgan fingerprint density at radius 1 is 0.422 bits per heavy atom. The zero-order valence-electron chi connectivity index (χ0n) is 24.4. The molecule has 0 radical (unpaired) electrons. The molecule has 0 aliphatic rings. The Hall–Kier alpha value is -6.14. The van der Waals surface area contributed by atoms with Gasteiger partial charge in [0.1, 0.15) is 11.5 Å². The van der Waals surface area contributed by atoms with E-state index in [1.807, 2.05) is 146 Å². The quantitative estimate of drug-likeness (QED) is 0.185. The summed E-state index contributed by atoms with van der Waals surface area (Å²) >= 11 is 0. The van der Waals surface area contributed by atoms with Crippen LogP contribution in [0, 0.1) is 0 Å². The summed E-state index contributed by atoms with van der Waals surface area (Å²) in [6.45, 7) is 0. The van der Waals surface area contributed by atoms with E-state index in [1.54, 1.807) is 12.1 Å². The van der Waals surface area contributed by atoms with Crippen LogP contribution in [0.4, 0.5) is 21.0 Å². The number of benzene rings is 6. The molecule has 2 amide bonds. The number of hydrogen-bond acceptors (Lipinski definition) is 4. The largest absolute Gasteiger partial charge is 0.417 e. The standard InChI is InChI=1S/C39H30N2O4/c42-38(44-36-25-13-9-21-32(36)28-15-3-1-4-16-28)40-34-23-11-7-19-30(34)27-31-20-8-12-24-35(31)41-39(43)45-37-26-14-10-22-33(37)29-17-5-2-6-18-29/h1-26H,27H2,(H,40,42)(H,41,43). The molecule has 0 bridgehead atoms. The number of ether oxygens (including phenoxy) is 2. The predicted octanol–water partition coefficient (Wildman–Crippen LogP) is 9.83. The minimum Gasteiger partial charge on any atom is -0.409 e. The van der Waals surface area contributed by atoms with Crippen LogP contribution in [0.1, 0.15) is 11.1 Å². The number of nitrogens with one attached hydrogen (secondary N) is 2. The summed E-state index contributed by atoms with van der Waals surface area (Å²) in [6, 6.07) is 49.4. The van der Waals surface area contributed by atoms with E-state index in [2.05, 4.69) is 10.6 Å². The molecule has 0 fully saturated rings. The van der Waals surface area contributed by atoms with E-state index < -0.39 is 12.2 Å². The van der Waals surface area contributed by atoms with Crippen LogP contribution in [0.15, 0.2) is 158 Å². The number of para-hydroxylation sites is 4. The van der Waals surface area contributed by atoms with Crippen molar-refractivity contribution in [3.8, 4) is 33.8 Å². The summed E-state index contributed by atoms with van der Waals surface area (Å²) in [6.07, 6.45) is -0.760. The Morgan fingerprint density at radius 3 is 1.22 bits per heavy atom. The van der Waals surface area contributed by atoms with Gasteiger partial charge in [-0.3, -0.25) is 10.6 Å². The molecule has 2 N–H and O–H groups in total. The Balaban J connectivity index is 1.16. The van der Waals surface area contributed by atoms with Crippen LogP contribution >= 0.6 is 0 Å². The molecule has 0 heterocycles. The lowest BCUT2D eigenvalue weighted by Crippen LogP contribution is -2.19. The molecule has 220 valence electrons. The van der Waals surface area contributed by atoms with Crippen molar-refractivity contribution >= 4 is 23.6 Å². The molecule has 0 spiro atoms. The fraction of sp³-hybridized carbons (Fsp3) is 0.0256. The average Bonchev–Trinajstić information content (AvgIpc) is 3.08. The maximum absolute atomic E-state index is 13.1. The summed E-state index contributed by atoms with van der Waals surface area (Å²) in [4.78, 5) is 26.2. The lowest BCUT2D eigenvalue weighted by Gasteiger charge is -2.16. The van der Waals surface area contributed by atoms with Crippen LogP contribution in [0.3, 0.4) is 0 Å². The lowest BCUT2D eigenvalue weighted by molar-refractivity contribution is 0.214. The molecule has 0 atom stereocenters. The first-order chi connectivity index (χ1) is 22.1. The number of amides is 2. The number of rotatable bonds is 8. The number of carbonyl (C=O) groups excluding carboxylic acids is 2. The zero-order valence-corrected chi connectivity index (χ0v) is 24.4. The third-order valence-electron chi connectivity index (χ3n) is 7.24. The maximum Gasteiger partial charge on any atom is 0.417 e. The number of anilines is 2. The van der Waals surface area contributed by atoms with E-state index in [9.17, 15) is 9.59 Å². The van der Waals surface area contributed by atoms with Crippen LogP contribution in [0.25, 0.3) is 22.3 Å². The Kier molecular flexibility index (Phi) is 8.94. The van der Waals surface area contributed by atoms with Gasteiger partial charge in [-0.1, -0.05) is 133 Å². The van der Waals surface area contributed by atoms with Crippen LogP contribution in [-0.4, -0.2) is 12.2 Å². The summed E-state index contributed by atoms with van der Waals surface area (Å²) in [7, 11) is 0. The highest BCUT2D eigenvalue weighted by atomic mass is 16.6. The molecule has 6 aromatic rings. The Bertz CT molecular complexity index is 1780. The van der Waals surface area contributed by atoms with E-state index in [1.165, 1.54) is 0 Å². The van der Waals surface area contributed by atoms with E-state index in [0.29, 0.717) is 29.3 Å². The predicted molar refractivity (Wildman–Crippen MR) is 179 cm³/mol. The van der Waals surface area contributed by atoms with Crippen molar-refractivity contribution in [1.82, 2.24) is 0 Å². The second-order valence-electron chi connectivity index (χ2n) is 10.2. The molecule has 6 nitrogen and oxygen atoms in total. The molecule has 0 aromatic heterocycles. The van der Waals surface area contributed by atoms with Crippen LogP contribution in [-0.2, 0) is 6.42 Å². The van der Waals surface area contributed by atoms with Crippen molar-refractivity contribution in [3.63, 3.8) is 0 Å². The van der Waals surface area contributed by atoms with Gasteiger partial charge in [-0.2, -0.15) is 0 Å². The lowest BCUT2D eigenvalue weighted by atomic mass is 10.0. The SMILES string of the molecule is O=C(Nc1ccccc1Cc1ccccc1NC(=O)Oc1ccccc1-c1ccccc1)Oc1ccccc1-c1ccccc1. The monoisotopic (exact) mass is 590 g/mol. The van der Waals surface area contributed by atoms with Crippen molar-refractivity contribution in [3.05, 3.63) is 169 Å². The van der Waals surface area contributed by atoms with Gasteiger partial charge in [-0.15, -0.1) is 0 Å². The molecule has 45 heavy (non-hydrogen) atoms. The first kappa shape index (κ1) is 29.0. The highest BCUT2D eigenvalue weighted by Crippen LogP contribution is 2.32. The highest BCUT2D eigenvalue weighted by molar-refractivity contribution is 5.90. The van der Waals surface area contributed by atoms with Crippen LogP contribution in [0.5, 0.6) is 11.5 Å². The van der Waals surface area contributed by atoms with Gasteiger partial charge in [-0.05, 0) is 46.5 Å². The summed E-state index contributed by atoms with van der Waals surface area (Å²) < 4.78 is 11.5. The second kappa shape index (κ2) is 13.9. The maximum atomic E-state index is 13.1. The van der Waals surface area contributed by atoms with Gasteiger partial charge in [0.05, 0.1) is 0 Å². The fourth-order valence-corrected chi connectivity index (χ4v) is 5.09. The highest BCUT2D eigenvalue weighted by Gasteiger charge is 2.16. The first-order valence-electron chi connectivity index (χ1n) is 14.6.